The van der Waals surface area contributed by atoms with Gasteiger partial charge in [-0.1, -0.05) is 0 Å². The van der Waals surface area contributed by atoms with Crippen molar-refractivity contribution in [2.45, 2.75) is 32.9 Å². The van der Waals surface area contributed by atoms with Gasteiger partial charge in [0.05, 0.1) is 0 Å². The van der Waals surface area contributed by atoms with Crippen molar-refractivity contribution in [1.82, 2.24) is 10.3 Å². The number of anilines is 1. The molecule has 0 bridgehead atoms. The van der Waals surface area contributed by atoms with Crippen molar-refractivity contribution in [1.29, 1.82) is 0 Å². The molecule has 0 saturated heterocycles. The normalized spacial score (nSPS) is 13.3. The Bertz CT molecular complexity index is 283. The van der Waals surface area contributed by atoms with Crippen molar-refractivity contribution in [3.05, 3.63) is 11.1 Å². The minimum absolute atomic E-state index is 0.391. The molecule has 14 heavy (non-hydrogen) atoms. The molecule has 1 N–H and O–H groups in total. The van der Waals surface area contributed by atoms with Gasteiger partial charge in [-0.25, -0.2) is 4.98 Å². The van der Waals surface area contributed by atoms with Crippen LogP contribution in [0.4, 0.5) is 5.13 Å². The van der Waals surface area contributed by atoms with Crippen LogP contribution in [0.5, 0.6) is 0 Å². The molecule has 1 unspecified atom stereocenters. The molecule has 0 spiro atoms. The predicted octanol–water partition coefficient (Wildman–Crippen LogP) is 2.27. The highest BCUT2D eigenvalue weighted by molar-refractivity contribution is 7.15. The quantitative estimate of drug-likeness (QED) is 0.831. The van der Waals surface area contributed by atoms with Gasteiger partial charge in [0.1, 0.15) is 0 Å². The lowest BCUT2D eigenvalue weighted by molar-refractivity contribution is 0.662. The first kappa shape index (κ1) is 11.5. The molecule has 0 saturated carbocycles. The summed E-state index contributed by atoms with van der Waals surface area (Å²) < 4.78 is 0. The monoisotopic (exact) mass is 213 g/mol. The number of hydrogen-bond donors (Lipinski definition) is 1. The topological polar surface area (TPSA) is 28.2 Å². The Labute approximate surface area is 90.2 Å². The van der Waals surface area contributed by atoms with E-state index in [1.54, 1.807) is 11.3 Å². The summed E-state index contributed by atoms with van der Waals surface area (Å²) in [4.78, 5) is 7.89. The molecule has 1 aromatic heterocycles. The number of nitrogens with zero attached hydrogens (tertiary/aromatic N) is 2. The van der Waals surface area contributed by atoms with Crippen LogP contribution in [0.1, 0.15) is 31.7 Å². The average Bonchev–Trinajstić information content (AvgIpc) is 2.64. The lowest BCUT2D eigenvalue weighted by Gasteiger charge is -2.19. The van der Waals surface area contributed by atoms with Gasteiger partial charge >= 0.3 is 0 Å². The van der Waals surface area contributed by atoms with Crippen LogP contribution in [0.25, 0.3) is 0 Å². The average molecular weight is 213 g/mol. The number of nitrogens with one attached hydrogen (secondary N) is 1. The van der Waals surface area contributed by atoms with E-state index in [2.05, 4.69) is 43.0 Å². The third-order valence-corrected chi connectivity index (χ3v) is 3.72. The smallest absolute Gasteiger partial charge is 0.185 e. The highest BCUT2D eigenvalue weighted by Gasteiger charge is 2.12. The molecule has 3 nitrogen and oxygen atoms in total. The summed E-state index contributed by atoms with van der Waals surface area (Å²) in [5.41, 5.74) is 0. The van der Waals surface area contributed by atoms with Crippen LogP contribution in [-0.2, 0) is 0 Å². The molecule has 80 valence electrons. The molecule has 0 aromatic carbocycles. The summed E-state index contributed by atoms with van der Waals surface area (Å²) in [6.07, 6.45) is 1.96. The van der Waals surface area contributed by atoms with Crippen molar-refractivity contribution in [2.24, 2.45) is 0 Å². The fourth-order valence-corrected chi connectivity index (χ4v) is 2.07. The molecule has 1 rings (SSSR count). The molecule has 0 fully saturated rings. The molecule has 1 heterocycles. The number of rotatable bonds is 4. The van der Waals surface area contributed by atoms with E-state index < -0.39 is 0 Å². The van der Waals surface area contributed by atoms with Crippen molar-refractivity contribution in [3.63, 3.8) is 0 Å². The van der Waals surface area contributed by atoms with E-state index >= 15 is 0 Å². The van der Waals surface area contributed by atoms with Gasteiger partial charge in [-0.15, -0.1) is 11.3 Å². The molecular weight excluding hydrogens is 194 g/mol. The zero-order valence-electron chi connectivity index (χ0n) is 9.53. The Kier molecular flexibility index (Phi) is 3.89. The second-order valence-electron chi connectivity index (χ2n) is 3.76. The van der Waals surface area contributed by atoms with Crippen LogP contribution >= 0.6 is 11.3 Å². The van der Waals surface area contributed by atoms with Gasteiger partial charge in [0.2, 0.25) is 0 Å². The van der Waals surface area contributed by atoms with Crippen LogP contribution in [0.3, 0.4) is 0 Å². The largest absolute Gasteiger partial charge is 0.349 e. The summed E-state index contributed by atoms with van der Waals surface area (Å²) in [5.74, 6) is 0. The van der Waals surface area contributed by atoms with E-state index in [1.165, 1.54) is 4.88 Å². The standard InChI is InChI=1S/C10H19N3S/c1-7(2)13(5)10-12-6-9(14-10)8(3)11-4/h6-8,11H,1-5H3. The van der Waals surface area contributed by atoms with Crippen molar-refractivity contribution in [2.75, 3.05) is 19.0 Å². The predicted molar refractivity (Wildman–Crippen MR) is 63.1 cm³/mol. The Hall–Kier alpha value is -0.610. The summed E-state index contributed by atoms with van der Waals surface area (Å²) in [5, 5.41) is 4.31. The second kappa shape index (κ2) is 4.75. The van der Waals surface area contributed by atoms with E-state index in [9.17, 15) is 0 Å². The van der Waals surface area contributed by atoms with Crippen LogP contribution < -0.4 is 10.2 Å². The lowest BCUT2D eigenvalue weighted by Crippen LogP contribution is -2.25. The summed E-state index contributed by atoms with van der Waals surface area (Å²) in [6.45, 7) is 6.48. The van der Waals surface area contributed by atoms with Gasteiger partial charge in [0.25, 0.3) is 0 Å². The third-order valence-electron chi connectivity index (χ3n) is 2.45. The minimum Gasteiger partial charge on any atom is -0.349 e. The van der Waals surface area contributed by atoms with Gasteiger partial charge in [-0.05, 0) is 27.8 Å². The Balaban J connectivity index is 2.77. The zero-order valence-corrected chi connectivity index (χ0v) is 10.4. The zero-order chi connectivity index (χ0) is 10.7. The molecular formula is C10H19N3S. The lowest BCUT2D eigenvalue weighted by atomic mass is 10.3. The number of thiazole rings is 1. The Morgan fingerprint density at radius 1 is 1.43 bits per heavy atom. The first-order chi connectivity index (χ1) is 6.56. The molecule has 0 aliphatic carbocycles. The minimum atomic E-state index is 0.391. The Morgan fingerprint density at radius 2 is 2.07 bits per heavy atom. The van der Waals surface area contributed by atoms with Gasteiger partial charge < -0.3 is 10.2 Å². The highest BCUT2D eigenvalue weighted by atomic mass is 32.1. The fourth-order valence-electron chi connectivity index (χ4n) is 1.00. The number of aromatic nitrogens is 1. The van der Waals surface area contributed by atoms with Crippen LogP contribution in [0.2, 0.25) is 0 Å². The molecule has 1 atom stereocenters. The van der Waals surface area contributed by atoms with Crippen LogP contribution in [-0.4, -0.2) is 25.1 Å². The van der Waals surface area contributed by atoms with Gasteiger partial charge in [-0.3, -0.25) is 0 Å². The van der Waals surface area contributed by atoms with E-state index in [0.717, 1.165) is 5.13 Å². The number of hydrogen-bond acceptors (Lipinski definition) is 4. The van der Waals surface area contributed by atoms with Crippen molar-refractivity contribution >= 4 is 16.5 Å². The highest BCUT2D eigenvalue weighted by Crippen LogP contribution is 2.26. The summed E-state index contributed by atoms with van der Waals surface area (Å²) in [6, 6.07) is 0.890. The maximum absolute atomic E-state index is 4.41. The van der Waals surface area contributed by atoms with E-state index in [1.807, 2.05) is 13.2 Å². The molecule has 4 heteroatoms. The van der Waals surface area contributed by atoms with Crippen molar-refractivity contribution < 1.29 is 0 Å². The van der Waals surface area contributed by atoms with E-state index in [-0.39, 0.29) is 0 Å². The van der Waals surface area contributed by atoms with E-state index in [4.69, 9.17) is 0 Å². The van der Waals surface area contributed by atoms with Gasteiger partial charge in [-0.2, -0.15) is 0 Å². The summed E-state index contributed by atoms with van der Waals surface area (Å²) >= 11 is 1.75. The molecule has 0 amide bonds. The molecule has 0 aliphatic rings. The molecule has 1 aromatic rings. The van der Waals surface area contributed by atoms with Crippen molar-refractivity contribution in [3.8, 4) is 0 Å². The molecule has 0 radical (unpaired) electrons. The Morgan fingerprint density at radius 3 is 2.57 bits per heavy atom. The third kappa shape index (κ3) is 2.45. The summed E-state index contributed by atoms with van der Waals surface area (Å²) in [7, 11) is 4.05. The fraction of sp³-hybridized carbons (Fsp3) is 0.700. The van der Waals surface area contributed by atoms with E-state index in [0.29, 0.717) is 12.1 Å². The van der Waals surface area contributed by atoms with Crippen LogP contribution in [0.15, 0.2) is 6.20 Å². The maximum atomic E-state index is 4.41. The molecule has 0 aliphatic heterocycles. The van der Waals surface area contributed by atoms with Gasteiger partial charge in [0, 0.05) is 30.2 Å². The van der Waals surface area contributed by atoms with Crippen LogP contribution in [0, 0.1) is 0 Å². The van der Waals surface area contributed by atoms with Gasteiger partial charge in [0.15, 0.2) is 5.13 Å². The maximum Gasteiger partial charge on any atom is 0.185 e. The SMILES string of the molecule is CNC(C)c1cnc(N(C)C(C)C)s1. The first-order valence-electron chi connectivity index (χ1n) is 4.92. The second-order valence-corrected chi connectivity index (χ2v) is 4.80. The first-order valence-corrected chi connectivity index (χ1v) is 5.73.